The summed E-state index contributed by atoms with van der Waals surface area (Å²) in [5.41, 5.74) is 2.73. The first kappa shape index (κ1) is 19.8. The van der Waals surface area contributed by atoms with E-state index in [1.807, 2.05) is 0 Å². The van der Waals surface area contributed by atoms with Gasteiger partial charge in [0.2, 0.25) is 5.91 Å². The summed E-state index contributed by atoms with van der Waals surface area (Å²) < 4.78 is 11.7. The number of fused-ring (bicyclic) bond motifs is 3. The summed E-state index contributed by atoms with van der Waals surface area (Å²) in [6.45, 7) is 5.65. The minimum Gasteiger partial charge on any atom is -0.486 e. The van der Waals surface area contributed by atoms with Gasteiger partial charge in [0.15, 0.2) is 11.5 Å². The molecule has 2 fully saturated rings. The van der Waals surface area contributed by atoms with Gasteiger partial charge in [-0.1, -0.05) is 12.8 Å². The van der Waals surface area contributed by atoms with Crippen molar-refractivity contribution in [1.29, 1.82) is 0 Å². The second kappa shape index (κ2) is 7.75. The molecule has 2 aliphatic heterocycles. The number of benzene rings is 1. The third-order valence-electron chi connectivity index (χ3n) is 6.96. The molecule has 2 aliphatic carbocycles. The van der Waals surface area contributed by atoms with Crippen LogP contribution in [0.2, 0.25) is 0 Å². The zero-order valence-corrected chi connectivity index (χ0v) is 17.5. The first-order valence-corrected chi connectivity index (χ1v) is 10.6. The van der Waals surface area contributed by atoms with Crippen molar-refractivity contribution in [2.45, 2.75) is 56.9 Å². The molecule has 0 radical (unpaired) electrons. The van der Waals surface area contributed by atoms with Crippen molar-refractivity contribution in [3.05, 3.63) is 23.3 Å². The minimum atomic E-state index is 0. The number of halogens is 1. The fourth-order valence-electron chi connectivity index (χ4n) is 5.22. The van der Waals surface area contributed by atoms with E-state index < -0.39 is 0 Å². The molecule has 0 saturated heterocycles. The van der Waals surface area contributed by atoms with E-state index in [-0.39, 0.29) is 29.8 Å². The quantitative estimate of drug-likeness (QED) is 0.830. The minimum absolute atomic E-state index is 0. The fraction of sp³-hybridized carbons (Fsp3) is 0.682. The molecule has 1 spiro atoms. The largest absolute Gasteiger partial charge is 0.486 e. The molecule has 1 atom stereocenters. The molecule has 5 nitrogen and oxygen atoms in total. The lowest BCUT2D eigenvalue weighted by atomic mass is 9.71. The summed E-state index contributed by atoms with van der Waals surface area (Å²) in [5.74, 6) is 2.74. The van der Waals surface area contributed by atoms with Crippen LogP contribution in [0.5, 0.6) is 11.5 Å². The zero-order valence-electron chi connectivity index (χ0n) is 16.7. The molecular weight excluding hydrogens is 376 g/mol. The molecule has 1 unspecified atom stereocenters. The number of rotatable bonds is 4. The summed E-state index contributed by atoms with van der Waals surface area (Å²) in [7, 11) is 0. The van der Waals surface area contributed by atoms with Gasteiger partial charge in [-0.25, -0.2) is 0 Å². The number of hydrogen-bond acceptors (Lipinski definition) is 4. The van der Waals surface area contributed by atoms with Crippen molar-refractivity contribution in [2.75, 3.05) is 32.8 Å². The average Bonchev–Trinajstić information content (AvgIpc) is 3.39. The van der Waals surface area contributed by atoms with Gasteiger partial charge in [0.1, 0.15) is 13.2 Å². The number of carbonyl (C=O) groups excluding carboxylic acids is 1. The lowest BCUT2D eigenvalue weighted by Gasteiger charge is -2.46. The Morgan fingerprint density at radius 3 is 2.54 bits per heavy atom. The lowest BCUT2D eigenvalue weighted by Crippen LogP contribution is -2.51. The van der Waals surface area contributed by atoms with Crippen LogP contribution in [0.3, 0.4) is 0 Å². The SMILES string of the molecule is CC1c2cc3c(cc2C2(CCCC2)CN1C(=O)CNCC1CC1)OCCO3.Cl. The first-order chi connectivity index (χ1) is 13.2. The second-order valence-corrected chi connectivity index (χ2v) is 8.84. The van der Waals surface area contributed by atoms with Crippen LogP contribution in [0, 0.1) is 5.92 Å². The maximum absolute atomic E-state index is 13.1. The van der Waals surface area contributed by atoms with E-state index in [1.165, 1.54) is 36.8 Å². The van der Waals surface area contributed by atoms with Crippen LogP contribution in [0.25, 0.3) is 0 Å². The van der Waals surface area contributed by atoms with Crippen molar-refractivity contribution in [1.82, 2.24) is 10.2 Å². The number of ether oxygens (including phenoxy) is 2. The third-order valence-corrected chi connectivity index (χ3v) is 6.96. The van der Waals surface area contributed by atoms with Gasteiger partial charge >= 0.3 is 0 Å². The second-order valence-electron chi connectivity index (χ2n) is 8.84. The van der Waals surface area contributed by atoms with E-state index in [4.69, 9.17) is 9.47 Å². The van der Waals surface area contributed by atoms with Crippen LogP contribution in [0.1, 0.15) is 62.6 Å². The van der Waals surface area contributed by atoms with Crippen molar-refractivity contribution < 1.29 is 14.3 Å². The maximum Gasteiger partial charge on any atom is 0.237 e. The Labute approximate surface area is 173 Å². The number of hydrogen-bond donors (Lipinski definition) is 1. The van der Waals surface area contributed by atoms with Crippen LogP contribution in [0.15, 0.2) is 12.1 Å². The fourth-order valence-corrected chi connectivity index (χ4v) is 5.22. The Morgan fingerprint density at radius 1 is 1.18 bits per heavy atom. The van der Waals surface area contributed by atoms with Gasteiger partial charge in [-0.2, -0.15) is 0 Å². The Kier molecular flexibility index (Phi) is 5.49. The van der Waals surface area contributed by atoms with Gasteiger partial charge < -0.3 is 19.7 Å². The van der Waals surface area contributed by atoms with Crippen LogP contribution < -0.4 is 14.8 Å². The van der Waals surface area contributed by atoms with E-state index in [0.717, 1.165) is 43.3 Å². The Balaban J connectivity index is 0.00000192. The third kappa shape index (κ3) is 3.48. The van der Waals surface area contributed by atoms with Crippen LogP contribution in [-0.4, -0.2) is 43.7 Å². The van der Waals surface area contributed by atoms with Crippen molar-refractivity contribution in [3.63, 3.8) is 0 Å². The summed E-state index contributed by atoms with van der Waals surface area (Å²) in [5, 5.41) is 3.38. The van der Waals surface area contributed by atoms with Gasteiger partial charge in [-0.15, -0.1) is 12.4 Å². The Morgan fingerprint density at radius 2 is 1.86 bits per heavy atom. The van der Waals surface area contributed by atoms with Crippen LogP contribution >= 0.6 is 12.4 Å². The molecule has 0 aromatic heterocycles. The monoisotopic (exact) mass is 406 g/mol. The normalized spacial score (nSPS) is 24.6. The highest BCUT2D eigenvalue weighted by Gasteiger charge is 2.46. The van der Waals surface area contributed by atoms with Crippen molar-refractivity contribution in [2.24, 2.45) is 5.92 Å². The lowest BCUT2D eigenvalue weighted by molar-refractivity contribution is -0.134. The molecule has 5 rings (SSSR count). The molecule has 6 heteroatoms. The maximum atomic E-state index is 13.1. The number of nitrogens with zero attached hydrogens (tertiary/aromatic N) is 1. The molecule has 28 heavy (non-hydrogen) atoms. The molecule has 1 N–H and O–H groups in total. The Hall–Kier alpha value is -1.46. The van der Waals surface area contributed by atoms with Crippen molar-refractivity contribution in [3.8, 4) is 11.5 Å². The van der Waals surface area contributed by atoms with E-state index in [9.17, 15) is 4.79 Å². The number of amides is 1. The van der Waals surface area contributed by atoms with Gasteiger partial charge in [-0.3, -0.25) is 4.79 Å². The zero-order chi connectivity index (χ0) is 18.4. The van der Waals surface area contributed by atoms with Gasteiger partial charge in [-0.05, 0) is 68.3 Å². The summed E-state index contributed by atoms with van der Waals surface area (Å²) >= 11 is 0. The van der Waals surface area contributed by atoms with Gasteiger partial charge in [0, 0.05) is 12.0 Å². The van der Waals surface area contributed by atoms with E-state index in [1.54, 1.807) is 0 Å². The molecular formula is C22H31ClN2O3. The number of carbonyl (C=O) groups is 1. The molecule has 4 aliphatic rings. The molecule has 0 bridgehead atoms. The number of nitrogens with one attached hydrogen (secondary N) is 1. The highest BCUT2D eigenvalue weighted by molar-refractivity contribution is 5.85. The van der Waals surface area contributed by atoms with Crippen LogP contribution in [0.4, 0.5) is 0 Å². The molecule has 1 aromatic carbocycles. The molecule has 1 amide bonds. The summed E-state index contributed by atoms with van der Waals surface area (Å²) in [6, 6.07) is 4.45. The highest BCUT2D eigenvalue weighted by Crippen LogP contribution is 2.51. The van der Waals surface area contributed by atoms with E-state index in [2.05, 4.69) is 29.3 Å². The average molecular weight is 407 g/mol. The standard InChI is InChI=1S/C22H30N2O3.ClH/c1-15-17-10-19-20(27-9-8-26-19)11-18(17)22(6-2-3-7-22)14-24(15)21(25)13-23-12-16-4-5-16;/h10-11,15-16,23H,2-9,12-14H2,1H3;1H. The topological polar surface area (TPSA) is 50.8 Å². The smallest absolute Gasteiger partial charge is 0.237 e. The predicted octanol–water partition coefficient (Wildman–Crippen LogP) is 3.59. The molecule has 154 valence electrons. The van der Waals surface area contributed by atoms with Gasteiger partial charge in [0.05, 0.1) is 12.6 Å². The van der Waals surface area contributed by atoms with Crippen molar-refractivity contribution >= 4 is 18.3 Å². The molecule has 2 saturated carbocycles. The predicted molar refractivity (Wildman–Crippen MR) is 111 cm³/mol. The van der Waals surface area contributed by atoms with E-state index >= 15 is 0 Å². The molecule has 1 aromatic rings. The van der Waals surface area contributed by atoms with E-state index in [0.29, 0.717) is 19.8 Å². The molecule has 2 heterocycles. The van der Waals surface area contributed by atoms with Crippen LogP contribution in [-0.2, 0) is 10.2 Å². The van der Waals surface area contributed by atoms with Gasteiger partial charge in [0.25, 0.3) is 0 Å². The highest BCUT2D eigenvalue weighted by atomic mass is 35.5. The summed E-state index contributed by atoms with van der Waals surface area (Å²) in [4.78, 5) is 15.2. The summed E-state index contributed by atoms with van der Waals surface area (Å²) in [6.07, 6.45) is 7.42. The first-order valence-electron chi connectivity index (χ1n) is 10.6. The Bertz CT molecular complexity index is 744.